The SMILES string of the molecule is CCCCO.COc1ccc(C(c2ccc(OC)cc2)N(C)Cc2c(C=O)c3c(c(C)c2-c2ccccc2C)Cc2ccccc2-3)cc1. The van der Waals surface area contributed by atoms with Crippen molar-refractivity contribution < 1.29 is 19.4 Å². The minimum Gasteiger partial charge on any atom is -0.497 e. The summed E-state index contributed by atoms with van der Waals surface area (Å²) < 4.78 is 10.9. The Morgan fingerprint density at radius 1 is 0.792 bits per heavy atom. The number of aliphatic hydroxyl groups excluding tert-OH is 1. The third-order valence-electron chi connectivity index (χ3n) is 9.43. The first-order valence-electron chi connectivity index (χ1n) is 16.7. The van der Waals surface area contributed by atoms with Crippen molar-refractivity contribution in [1.82, 2.24) is 4.90 Å². The van der Waals surface area contributed by atoms with Gasteiger partial charge in [0.25, 0.3) is 0 Å². The highest BCUT2D eigenvalue weighted by Gasteiger charge is 2.31. The fourth-order valence-corrected chi connectivity index (χ4v) is 6.94. The summed E-state index contributed by atoms with van der Waals surface area (Å²) in [5, 5.41) is 8.07. The highest BCUT2D eigenvalue weighted by atomic mass is 16.5. The molecule has 1 N–H and O–H groups in total. The maximum atomic E-state index is 13.2. The number of aldehydes is 1. The summed E-state index contributed by atoms with van der Waals surface area (Å²) in [6, 6.07) is 33.5. The quantitative estimate of drug-likeness (QED) is 0.143. The second kappa shape index (κ2) is 15.9. The second-order valence-electron chi connectivity index (χ2n) is 12.5. The third kappa shape index (κ3) is 7.08. The van der Waals surface area contributed by atoms with Gasteiger partial charge >= 0.3 is 0 Å². The zero-order chi connectivity index (χ0) is 34.2. The summed E-state index contributed by atoms with van der Waals surface area (Å²) in [6.07, 6.45) is 3.96. The Balaban J connectivity index is 0.000000840. The van der Waals surface area contributed by atoms with Crippen molar-refractivity contribution in [3.63, 3.8) is 0 Å². The number of ether oxygens (including phenoxy) is 2. The molecule has 0 fully saturated rings. The van der Waals surface area contributed by atoms with E-state index in [1.165, 1.54) is 38.9 Å². The van der Waals surface area contributed by atoms with Crippen LogP contribution in [0.2, 0.25) is 0 Å². The molecule has 0 saturated carbocycles. The molecule has 5 heteroatoms. The van der Waals surface area contributed by atoms with Gasteiger partial charge in [0.1, 0.15) is 11.5 Å². The number of hydrogen-bond donors (Lipinski definition) is 1. The highest BCUT2D eigenvalue weighted by Crippen LogP contribution is 2.47. The van der Waals surface area contributed by atoms with Gasteiger partial charge in [-0.2, -0.15) is 0 Å². The molecule has 0 atom stereocenters. The van der Waals surface area contributed by atoms with Crippen LogP contribution in [-0.2, 0) is 13.0 Å². The summed E-state index contributed by atoms with van der Waals surface area (Å²) in [5.74, 6) is 1.63. The first kappa shape index (κ1) is 34.6. The molecule has 0 spiro atoms. The van der Waals surface area contributed by atoms with E-state index in [0.29, 0.717) is 13.2 Å². The molecule has 5 aromatic carbocycles. The normalized spacial score (nSPS) is 11.5. The lowest BCUT2D eigenvalue weighted by atomic mass is 9.83. The number of unbranched alkanes of at least 4 members (excludes halogenated alkanes) is 1. The molecular weight excluding hydrogens is 594 g/mol. The number of aliphatic hydroxyl groups is 1. The van der Waals surface area contributed by atoms with Gasteiger partial charge in [0, 0.05) is 18.7 Å². The summed E-state index contributed by atoms with van der Waals surface area (Å²) in [6.45, 7) is 7.36. The van der Waals surface area contributed by atoms with Gasteiger partial charge in [-0.1, -0.05) is 86.1 Å². The van der Waals surface area contributed by atoms with Crippen LogP contribution in [-0.4, -0.2) is 44.2 Å². The number of methoxy groups -OCH3 is 2. The van der Waals surface area contributed by atoms with Crippen molar-refractivity contribution in [1.29, 1.82) is 0 Å². The maximum Gasteiger partial charge on any atom is 0.151 e. The first-order chi connectivity index (χ1) is 23.4. The zero-order valence-electron chi connectivity index (χ0n) is 29.0. The van der Waals surface area contributed by atoms with E-state index in [1.54, 1.807) is 14.2 Å². The molecule has 0 heterocycles. The van der Waals surface area contributed by atoms with Crippen LogP contribution in [0.5, 0.6) is 11.5 Å². The van der Waals surface area contributed by atoms with E-state index in [4.69, 9.17) is 14.6 Å². The molecule has 0 bridgehead atoms. The number of nitrogens with zero attached hydrogens (tertiary/aromatic N) is 1. The van der Waals surface area contributed by atoms with Crippen LogP contribution in [0.3, 0.4) is 0 Å². The second-order valence-corrected chi connectivity index (χ2v) is 12.5. The Bertz CT molecular complexity index is 1790. The highest BCUT2D eigenvalue weighted by molar-refractivity contribution is 5.99. The predicted octanol–water partition coefficient (Wildman–Crippen LogP) is 9.37. The number of rotatable bonds is 11. The van der Waals surface area contributed by atoms with Crippen LogP contribution in [0.15, 0.2) is 97.1 Å². The van der Waals surface area contributed by atoms with Crippen molar-refractivity contribution in [2.75, 3.05) is 27.9 Å². The van der Waals surface area contributed by atoms with Crippen LogP contribution in [0.25, 0.3) is 22.3 Å². The van der Waals surface area contributed by atoms with Gasteiger partial charge in [0.2, 0.25) is 0 Å². The summed E-state index contributed by atoms with van der Waals surface area (Å²) >= 11 is 0. The van der Waals surface area contributed by atoms with E-state index in [-0.39, 0.29) is 6.04 Å². The fourth-order valence-electron chi connectivity index (χ4n) is 6.94. The summed E-state index contributed by atoms with van der Waals surface area (Å²) in [5.41, 5.74) is 13.7. The van der Waals surface area contributed by atoms with Crippen molar-refractivity contribution in [3.8, 4) is 33.8 Å². The number of carbonyl (C=O) groups is 1. The maximum absolute atomic E-state index is 13.2. The Morgan fingerprint density at radius 3 is 1.85 bits per heavy atom. The lowest BCUT2D eigenvalue weighted by molar-refractivity contribution is 0.112. The lowest BCUT2D eigenvalue weighted by Gasteiger charge is -2.32. The molecule has 48 heavy (non-hydrogen) atoms. The predicted molar refractivity (Wildman–Crippen MR) is 196 cm³/mol. The average molecular weight is 642 g/mol. The molecular formula is C43H47NO4. The molecule has 0 saturated heterocycles. The molecule has 6 rings (SSSR count). The van der Waals surface area contributed by atoms with Gasteiger partial charge in [-0.25, -0.2) is 0 Å². The first-order valence-corrected chi connectivity index (χ1v) is 16.7. The smallest absolute Gasteiger partial charge is 0.151 e. The largest absolute Gasteiger partial charge is 0.497 e. The minimum atomic E-state index is -0.0677. The molecule has 5 aromatic rings. The standard InChI is InChI=1S/C39H37NO3.C4H10O/c1-25-10-6-8-12-32(25)37-26(2)34-22-29-11-7-9-13-33(29)38(34)36(24-41)35(37)23-40(3)39(27-14-18-30(42-4)19-15-27)28-16-20-31(43-5)21-17-28;1-2-3-4-5/h6-21,24,39H,22-23H2,1-5H3;5H,2-4H2,1H3. The number of fused-ring (bicyclic) bond motifs is 3. The van der Waals surface area contributed by atoms with Gasteiger partial charge in [-0.3, -0.25) is 9.69 Å². The Morgan fingerprint density at radius 2 is 1.35 bits per heavy atom. The van der Waals surface area contributed by atoms with Crippen LogP contribution in [0, 0.1) is 13.8 Å². The van der Waals surface area contributed by atoms with Crippen LogP contribution in [0.1, 0.15) is 75.1 Å². The summed E-state index contributed by atoms with van der Waals surface area (Å²) in [4.78, 5) is 15.5. The number of aryl methyl sites for hydroxylation is 1. The fraction of sp³-hybridized carbons (Fsp3) is 0.279. The number of hydrogen-bond acceptors (Lipinski definition) is 5. The monoisotopic (exact) mass is 641 g/mol. The minimum absolute atomic E-state index is 0.0677. The van der Waals surface area contributed by atoms with Crippen molar-refractivity contribution >= 4 is 6.29 Å². The van der Waals surface area contributed by atoms with Gasteiger partial charge in [-0.05, 0) is 119 Å². The van der Waals surface area contributed by atoms with E-state index in [9.17, 15) is 4.79 Å². The Hall–Kier alpha value is -4.71. The van der Waals surface area contributed by atoms with Crippen molar-refractivity contribution in [2.24, 2.45) is 0 Å². The van der Waals surface area contributed by atoms with Crippen molar-refractivity contribution in [3.05, 3.63) is 142 Å². The van der Waals surface area contributed by atoms with Gasteiger partial charge < -0.3 is 14.6 Å². The molecule has 1 aliphatic carbocycles. The van der Waals surface area contributed by atoms with Crippen LogP contribution in [0.4, 0.5) is 0 Å². The Labute approximate surface area is 285 Å². The van der Waals surface area contributed by atoms with E-state index in [1.807, 2.05) is 24.3 Å². The molecule has 0 aliphatic heterocycles. The van der Waals surface area contributed by atoms with E-state index in [0.717, 1.165) is 64.9 Å². The molecule has 5 nitrogen and oxygen atoms in total. The number of carbonyl (C=O) groups excluding carboxylic acids is 1. The molecule has 248 valence electrons. The molecule has 0 unspecified atom stereocenters. The number of benzene rings is 5. The van der Waals surface area contributed by atoms with Crippen molar-refractivity contribution in [2.45, 2.75) is 52.6 Å². The van der Waals surface area contributed by atoms with E-state index in [2.05, 4.69) is 106 Å². The molecule has 0 radical (unpaired) electrons. The molecule has 1 aliphatic rings. The van der Waals surface area contributed by atoms with Gasteiger partial charge in [0.05, 0.1) is 20.3 Å². The van der Waals surface area contributed by atoms with Crippen LogP contribution < -0.4 is 9.47 Å². The molecule has 0 aromatic heterocycles. The zero-order valence-corrected chi connectivity index (χ0v) is 29.0. The van der Waals surface area contributed by atoms with Gasteiger partial charge in [-0.15, -0.1) is 0 Å². The van der Waals surface area contributed by atoms with E-state index >= 15 is 0 Å². The van der Waals surface area contributed by atoms with Crippen LogP contribution >= 0.6 is 0 Å². The topological polar surface area (TPSA) is 59.0 Å². The molecule has 0 amide bonds. The average Bonchev–Trinajstić information content (AvgIpc) is 3.50. The summed E-state index contributed by atoms with van der Waals surface area (Å²) in [7, 11) is 5.51. The third-order valence-corrected chi connectivity index (χ3v) is 9.43. The Kier molecular flexibility index (Phi) is 11.5. The van der Waals surface area contributed by atoms with E-state index < -0.39 is 0 Å². The lowest BCUT2D eigenvalue weighted by Crippen LogP contribution is -2.26. The van der Waals surface area contributed by atoms with Gasteiger partial charge in [0.15, 0.2) is 6.29 Å².